The van der Waals surface area contributed by atoms with Crippen molar-refractivity contribution >= 4 is 27.3 Å². The molecule has 18 heavy (non-hydrogen) atoms. The Morgan fingerprint density at radius 3 is 2.72 bits per heavy atom. The normalized spacial score (nSPS) is 10.4. The Morgan fingerprint density at radius 2 is 2.00 bits per heavy atom. The van der Waals surface area contributed by atoms with Gasteiger partial charge in [0.2, 0.25) is 0 Å². The molecule has 0 saturated carbocycles. The summed E-state index contributed by atoms with van der Waals surface area (Å²) in [6.07, 6.45) is 0.647. The van der Waals surface area contributed by atoms with E-state index < -0.39 is 0 Å². The van der Waals surface area contributed by atoms with Crippen LogP contribution in [0, 0.1) is 5.82 Å². The van der Waals surface area contributed by atoms with Crippen molar-refractivity contribution in [2.75, 3.05) is 11.9 Å². The van der Waals surface area contributed by atoms with Crippen molar-refractivity contribution in [3.8, 4) is 0 Å². The minimum atomic E-state index is -0.238. The summed E-state index contributed by atoms with van der Waals surface area (Å²) < 4.78 is 14.2. The van der Waals surface area contributed by atoms with Crippen LogP contribution in [-0.2, 0) is 6.42 Å². The summed E-state index contributed by atoms with van der Waals surface area (Å²) in [7, 11) is 0. The van der Waals surface area contributed by atoms with E-state index >= 15 is 0 Å². The van der Waals surface area contributed by atoms with Gasteiger partial charge in [-0.15, -0.1) is 0 Å². The van der Waals surface area contributed by atoms with Crippen molar-refractivity contribution in [2.45, 2.75) is 6.42 Å². The number of hydrogen-bond donors (Lipinski definition) is 2. The molecule has 0 amide bonds. The molecule has 2 aromatic carbocycles. The topological polar surface area (TPSA) is 38.0 Å². The van der Waals surface area contributed by atoms with E-state index in [2.05, 4.69) is 21.2 Å². The summed E-state index contributed by atoms with van der Waals surface area (Å²) in [5.74, 6) is -0.238. The lowest BCUT2D eigenvalue weighted by atomic mass is 10.1. The molecule has 0 aliphatic carbocycles. The Labute approximate surface area is 114 Å². The fourth-order valence-corrected chi connectivity index (χ4v) is 2.17. The average molecular weight is 309 g/mol. The van der Waals surface area contributed by atoms with E-state index in [-0.39, 0.29) is 5.82 Å². The summed E-state index contributed by atoms with van der Waals surface area (Å²) in [6, 6.07) is 12.5. The number of nitrogens with one attached hydrogen (secondary N) is 1. The van der Waals surface area contributed by atoms with Gasteiger partial charge in [-0.2, -0.15) is 0 Å². The van der Waals surface area contributed by atoms with Gasteiger partial charge in [-0.25, -0.2) is 4.39 Å². The summed E-state index contributed by atoms with van der Waals surface area (Å²) in [4.78, 5) is 0. The second kappa shape index (κ2) is 5.98. The first-order chi connectivity index (χ1) is 8.69. The molecule has 0 aliphatic rings. The second-order valence-electron chi connectivity index (χ2n) is 3.98. The predicted octanol–water partition coefficient (Wildman–Crippen LogP) is 3.83. The van der Waals surface area contributed by atoms with Crippen molar-refractivity contribution in [3.63, 3.8) is 0 Å². The number of rotatable bonds is 4. The van der Waals surface area contributed by atoms with Crippen LogP contribution in [0.3, 0.4) is 0 Å². The first-order valence-electron chi connectivity index (χ1n) is 5.70. The molecule has 2 nitrogen and oxygen atoms in total. The van der Waals surface area contributed by atoms with Gasteiger partial charge in [-0.1, -0.05) is 22.0 Å². The molecule has 3 N–H and O–H groups in total. The van der Waals surface area contributed by atoms with Crippen LogP contribution in [0.2, 0.25) is 0 Å². The summed E-state index contributed by atoms with van der Waals surface area (Å²) in [5, 5.41) is 3.27. The minimum Gasteiger partial charge on any atom is -0.355 e. The Morgan fingerprint density at radius 1 is 1.17 bits per heavy atom. The Bertz CT molecular complexity index is 543. The van der Waals surface area contributed by atoms with E-state index in [1.807, 2.05) is 24.3 Å². The van der Waals surface area contributed by atoms with E-state index in [1.54, 1.807) is 6.07 Å². The maximum Gasteiger partial charge on any atom is 0.123 e. The fourth-order valence-electron chi connectivity index (χ4n) is 1.77. The molecule has 0 heterocycles. The Hall–Kier alpha value is -1.39. The quantitative estimate of drug-likeness (QED) is 0.901. The summed E-state index contributed by atoms with van der Waals surface area (Å²) in [6.45, 7) is 0.497. The first-order valence-corrected chi connectivity index (χ1v) is 6.49. The highest BCUT2D eigenvalue weighted by atomic mass is 79.9. The van der Waals surface area contributed by atoms with Gasteiger partial charge < -0.3 is 11.1 Å². The van der Waals surface area contributed by atoms with Crippen molar-refractivity contribution < 1.29 is 4.39 Å². The molecule has 0 unspecified atom stereocenters. The molecule has 0 radical (unpaired) electrons. The van der Waals surface area contributed by atoms with Gasteiger partial charge in [0, 0.05) is 15.8 Å². The van der Waals surface area contributed by atoms with Crippen LogP contribution < -0.4 is 11.1 Å². The van der Waals surface area contributed by atoms with Crippen LogP contribution in [0.25, 0.3) is 0 Å². The first kappa shape index (κ1) is 13.1. The minimum absolute atomic E-state index is 0.238. The highest BCUT2D eigenvalue weighted by molar-refractivity contribution is 9.10. The zero-order valence-corrected chi connectivity index (χ0v) is 11.4. The molecule has 0 bridgehead atoms. The van der Waals surface area contributed by atoms with Crippen LogP contribution in [0.5, 0.6) is 0 Å². The molecule has 0 fully saturated rings. The van der Waals surface area contributed by atoms with Crippen molar-refractivity contribution in [1.82, 2.24) is 0 Å². The number of halogens is 2. The van der Waals surface area contributed by atoms with Crippen molar-refractivity contribution in [2.24, 2.45) is 5.73 Å². The molecule has 0 saturated heterocycles. The molecule has 94 valence electrons. The molecule has 0 spiro atoms. The maximum atomic E-state index is 13.2. The van der Waals surface area contributed by atoms with Gasteiger partial charge in [-0.3, -0.25) is 0 Å². The van der Waals surface area contributed by atoms with E-state index in [4.69, 9.17) is 5.73 Å². The molecule has 2 aromatic rings. The van der Waals surface area contributed by atoms with E-state index in [1.165, 1.54) is 12.1 Å². The van der Waals surface area contributed by atoms with Crippen LogP contribution in [0.15, 0.2) is 46.9 Å². The summed E-state index contributed by atoms with van der Waals surface area (Å²) >= 11 is 3.42. The van der Waals surface area contributed by atoms with Gasteiger partial charge in [0.1, 0.15) is 5.82 Å². The van der Waals surface area contributed by atoms with E-state index in [0.29, 0.717) is 13.0 Å². The van der Waals surface area contributed by atoms with E-state index in [9.17, 15) is 4.39 Å². The smallest absolute Gasteiger partial charge is 0.123 e. The van der Waals surface area contributed by atoms with E-state index in [0.717, 1.165) is 21.4 Å². The largest absolute Gasteiger partial charge is 0.355 e. The standard InChI is InChI=1S/C14H14BrFN2/c15-11-2-1-3-13(9-11)18-14-5-4-12(16)8-10(14)6-7-17/h1-5,8-9,18H,6-7,17H2. The lowest BCUT2D eigenvalue weighted by Crippen LogP contribution is -2.05. The molecule has 0 atom stereocenters. The highest BCUT2D eigenvalue weighted by Crippen LogP contribution is 2.24. The van der Waals surface area contributed by atoms with Crippen molar-refractivity contribution in [1.29, 1.82) is 0 Å². The van der Waals surface area contributed by atoms with Gasteiger partial charge >= 0.3 is 0 Å². The van der Waals surface area contributed by atoms with Crippen LogP contribution in [0.4, 0.5) is 15.8 Å². The monoisotopic (exact) mass is 308 g/mol. The third-order valence-corrected chi connectivity index (χ3v) is 3.08. The van der Waals surface area contributed by atoms with Gasteiger partial charge in [0.05, 0.1) is 0 Å². The predicted molar refractivity (Wildman–Crippen MR) is 76.6 cm³/mol. The molecule has 0 aliphatic heterocycles. The lowest BCUT2D eigenvalue weighted by molar-refractivity contribution is 0.625. The third-order valence-electron chi connectivity index (χ3n) is 2.58. The third kappa shape index (κ3) is 3.31. The zero-order valence-electron chi connectivity index (χ0n) is 9.79. The number of anilines is 2. The Balaban J connectivity index is 2.28. The Kier molecular flexibility index (Phi) is 4.33. The van der Waals surface area contributed by atoms with Crippen LogP contribution in [-0.4, -0.2) is 6.54 Å². The second-order valence-corrected chi connectivity index (χ2v) is 4.89. The van der Waals surface area contributed by atoms with Crippen LogP contribution in [0.1, 0.15) is 5.56 Å². The number of nitrogens with two attached hydrogens (primary N) is 1. The lowest BCUT2D eigenvalue weighted by Gasteiger charge is -2.12. The highest BCUT2D eigenvalue weighted by Gasteiger charge is 2.04. The van der Waals surface area contributed by atoms with Gasteiger partial charge in [-0.05, 0) is 54.9 Å². The molecule has 2 rings (SSSR count). The SMILES string of the molecule is NCCc1cc(F)ccc1Nc1cccc(Br)c1. The summed E-state index contributed by atoms with van der Waals surface area (Å²) in [5.41, 5.74) is 8.27. The number of hydrogen-bond acceptors (Lipinski definition) is 2. The molecular weight excluding hydrogens is 295 g/mol. The van der Waals surface area contributed by atoms with Gasteiger partial charge in [0.15, 0.2) is 0 Å². The maximum absolute atomic E-state index is 13.2. The molecule has 4 heteroatoms. The van der Waals surface area contributed by atoms with Crippen LogP contribution >= 0.6 is 15.9 Å². The zero-order chi connectivity index (χ0) is 13.0. The van der Waals surface area contributed by atoms with Crippen molar-refractivity contribution in [3.05, 3.63) is 58.3 Å². The molecular formula is C14H14BrFN2. The number of benzene rings is 2. The molecule has 0 aromatic heterocycles. The average Bonchev–Trinajstić information content (AvgIpc) is 2.33. The fraction of sp³-hybridized carbons (Fsp3) is 0.143. The van der Waals surface area contributed by atoms with Gasteiger partial charge in [0.25, 0.3) is 0 Å².